The first-order chi connectivity index (χ1) is 13.0. The molecule has 1 aliphatic rings. The topological polar surface area (TPSA) is 84.2 Å². The summed E-state index contributed by atoms with van der Waals surface area (Å²) in [6.07, 6.45) is 3.20. The number of benzene rings is 1. The maximum absolute atomic E-state index is 12.4. The van der Waals surface area contributed by atoms with Gasteiger partial charge in [0.1, 0.15) is 5.03 Å². The fraction of sp³-hybridized carbons (Fsp3) is 0.421. The fourth-order valence-corrected chi connectivity index (χ4v) is 4.22. The number of rotatable bonds is 7. The number of anilines is 1. The molecule has 8 heteroatoms. The minimum atomic E-state index is -0.308. The van der Waals surface area contributed by atoms with E-state index in [1.165, 1.54) is 11.8 Å². The van der Waals surface area contributed by atoms with Crippen LogP contribution in [0, 0.1) is 6.92 Å². The normalized spacial score (nSPS) is 12.9. The highest BCUT2D eigenvalue weighted by molar-refractivity contribution is 8.00. The Morgan fingerprint density at radius 3 is 2.96 bits per heavy atom. The van der Waals surface area contributed by atoms with Gasteiger partial charge < -0.3 is 10.4 Å². The Morgan fingerprint density at radius 1 is 1.41 bits per heavy atom. The zero-order valence-electron chi connectivity index (χ0n) is 15.1. The van der Waals surface area contributed by atoms with Crippen molar-refractivity contribution in [2.75, 3.05) is 17.7 Å². The number of nitrogens with one attached hydrogen (secondary N) is 1. The van der Waals surface area contributed by atoms with Gasteiger partial charge in [0, 0.05) is 35.1 Å². The van der Waals surface area contributed by atoms with Crippen LogP contribution in [-0.2, 0) is 24.2 Å². The van der Waals surface area contributed by atoms with Gasteiger partial charge >= 0.3 is 5.69 Å². The number of carbonyl (C=O) groups excluding carboxylic acids is 1. The lowest BCUT2D eigenvalue weighted by atomic mass is 10.2. The second-order valence-corrected chi connectivity index (χ2v) is 7.88. The maximum Gasteiger partial charge on any atom is 0.348 e. The van der Waals surface area contributed by atoms with E-state index in [-0.39, 0.29) is 24.0 Å². The summed E-state index contributed by atoms with van der Waals surface area (Å²) in [6, 6.07) is 5.38. The van der Waals surface area contributed by atoms with Gasteiger partial charge in [0.05, 0.1) is 5.75 Å². The largest absolute Gasteiger partial charge is 0.396 e. The first kappa shape index (κ1) is 19.9. The minimum Gasteiger partial charge on any atom is -0.396 e. The molecule has 0 unspecified atom stereocenters. The Labute approximate surface area is 167 Å². The molecule has 144 valence electrons. The highest BCUT2D eigenvalue weighted by Gasteiger charge is 2.22. The van der Waals surface area contributed by atoms with E-state index in [4.69, 9.17) is 16.7 Å². The Kier molecular flexibility index (Phi) is 6.57. The van der Waals surface area contributed by atoms with Crippen molar-refractivity contribution in [1.29, 1.82) is 0 Å². The van der Waals surface area contributed by atoms with E-state index in [2.05, 4.69) is 10.3 Å². The molecule has 6 nitrogen and oxygen atoms in total. The van der Waals surface area contributed by atoms with E-state index < -0.39 is 0 Å². The molecular formula is C19H22ClN3O3S. The van der Waals surface area contributed by atoms with Gasteiger partial charge in [0.25, 0.3) is 0 Å². The minimum absolute atomic E-state index is 0.0426. The number of hydrogen-bond acceptors (Lipinski definition) is 5. The Morgan fingerprint density at radius 2 is 2.22 bits per heavy atom. The van der Waals surface area contributed by atoms with Crippen LogP contribution in [0.15, 0.2) is 28.0 Å². The van der Waals surface area contributed by atoms with Crippen LogP contribution in [0.1, 0.15) is 29.7 Å². The first-order valence-corrected chi connectivity index (χ1v) is 10.3. The summed E-state index contributed by atoms with van der Waals surface area (Å²) >= 11 is 7.37. The SMILES string of the molecule is Cc1ccc(NC(=O)CSc2nc(=O)n(CCCO)c3c2CCC3)cc1Cl. The summed E-state index contributed by atoms with van der Waals surface area (Å²) in [7, 11) is 0. The van der Waals surface area contributed by atoms with E-state index in [1.54, 1.807) is 10.6 Å². The number of halogens is 1. The van der Waals surface area contributed by atoms with E-state index in [0.717, 1.165) is 36.1 Å². The Balaban J connectivity index is 1.70. The second-order valence-electron chi connectivity index (χ2n) is 6.51. The number of aromatic nitrogens is 2. The van der Waals surface area contributed by atoms with Crippen molar-refractivity contribution in [3.8, 4) is 0 Å². The molecule has 0 fully saturated rings. The fourth-order valence-electron chi connectivity index (χ4n) is 3.17. The molecule has 0 spiro atoms. The van der Waals surface area contributed by atoms with Crippen LogP contribution in [0.5, 0.6) is 0 Å². The van der Waals surface area contributed by atoms with Gasteiger partial charge in [-0.3, -0.25) is 9.36 Å². The summed E-state index contributed by atoms with van der Waals surface area (Å²) in [5, 5.41) is 13.1. The van der Waals surface area contributed by atoms with Crippen LogP contribution in [0.2, 0.25) is 5.02 Å². The number of aliphatic hydroxyl groups is 1. The third-order valence-corrected chi connectivity index (χ3v) is 5.96. The number of amides is 1. The van der Waals surface area contributed by atoms with Gasteiger partial charge in [-0.25, -0.2) is 4.79 Å². The number of thioether (sulfide) groups is 1. The van der Waals surface area contributed by atoms with Crippen LogP contribution in [0.25, 0.3) is 0 Å². The molecule has 0 aliphatic heterocycles. The third-order valence-electron chi connectivity index (χ3n) is 4.54. The smallest absolute Gasteiger partial charge is 0.348 e. The number of nitrogens with zero attached hydrogens (tertiary/aromatic N) is 2. The molecule has 1 amide bonds. The molecule has 0 saturated carbocycles. The lowest BCUT2D eigenvalue weighted by molar-refractivity contribution is -0.113. The van der Waals surface area contributed by atoms with Crippen molar-refractivity contribution >= 4 is 35.0 Å². The molecule has 1 aliphatic carbocycles. The van der Waals surface area contributed by atoms with Gasteiger partial charge in [0.2, 0.25) is 5.91 Å². The highest BCUT2D eigenvalue weighted by atomic mass is 35.5. The number of aryl methyl sites for hydroxylation is 1. The molecule has 1 aromatic heterocycles. The van der Waals surface area contributed by atoms with Crippen LogP contribution in [-0.4, -0.2) is 32.9 Å². The highest BCUT2D eigenvalue weighted by Crippen LogP contribution is 2.29. The molecular weight excluding hydrogens is 386 g/mol. The summed E-state index contributed by atoms with van der Waals surface area (Å²) in [4.78, 5) is 28.8. The first-order valence-electron chi connectivity index (χ1n) is 8.92. The average molecular weight is 408 g/mol. The monoisotopic (exact) mass is 407 g/mol. The average Bonchev–Trinajstić information content (AvgIpc) is 3.12. The standard InChI is InChI=1S/C19H22ClN3O3S/c1-12-6-7-13(10-15(12)20)21-17(25)11-27-18-14-4-2-5-16(14)23(8-3-9-24)19(26)22-18/h6-7,10,24H,2-5,8-9,11H2,1H3,(H,21,25). The van der Waals surface area contributed by atoms with Crippen molar-refractivity contribution < 1.29 is 9.90 Å². The van der Waals surface area contributed by atoms with Gasteiger partial charge in [0.15, 0.2) is 0 Å². The van der Waals surface area contributed by atoms with E-state index >= 15 is 0 Å². The summed E-state index contributed by atoms with van der Waals surface area (Å²) in [5.41, 5.74) is 3.34. The van der Waals surface area contributed by atoms with Crippen LogP contribution < -0.4 is 11.0 Å². The number of aliphatic hydroxyl groups excluding tert-OH is 1. The molecule has 3 rings (SSSR count). The summed E-state index contributed by atoms with van der Waals surface area (Å²) < 4.78 is 1.66. The molecule has 2 aromatic rings. The third kappa shape index (κ3) is 4.72. The second kappa shape index (κ2) is 8.91. The predicted molar refractivity (Wildman–Crippen MR) is 108 cm³/mol. The number of carbonyl (C=O) groups is 1. The van der Waals surface area contributed by atoms with Crippen molar-refractivity contribution in [2.45, 2.75) is 44.2 Å². The molecule has 1 heterocycles. The zero-order chi connectivity index (χ0) is 19.4. The summed E-state index contributed by atoms with van der Waals surface area (Å²) in [5.74, 6) is 0.00307. The van der Waals surface area contributed by atoms with Crippen LogP contribution in [0.3, 0.4) is 0 Å². The molecule has 0 atom stereocenters. The maximum atomic E-state index is 12.4. The molecule has 27 heavy (non-hydrogen) atoms. The van der Waals surface area contributed by atoms with E-state index in [9.17, 15) is 9.59 Å². The molecule has 0 radical (unpaired) electrons. The lowest BCUT2D eigenvalue weighted by Crippen LogP contribution is -2.28. The van der Waals surface area contributed by atoms with Gasteiger partial charge in [-0.2, -0.15) is 4.98 Å². The predicted octanol–water partition coefficient (Wildman–Crippen LogP) is 2.81. The molecule has 0 bridgehead atoms. The van der Waals surface area contributed by atoms with Gasteiger partial charge in [-0.1, -0.05) is 29.4 Å². The molecule has 1 aromatic carbocycles. The number of hydrogen-bond donors (Lipinski definition) is 2. The number of fused-ring (bicyclic) bond motifs is 1. The van der Waals surface area contributed by atoms with Crippen LogP contribution >= 0.6 is 23.4 Å². The van der Waals surface area contributed by atoms with Crippen LogP contribution in [0.4, 0.5) is 5.69 Å². The van der Waals surface area contributed by atoms with Crippen molar-refractivity contribution in [1.82, 2.24) is 9.55 Å². The van der Waals surface area contributed by atoms with Crippen molar-refractivity contribution in [2.24, 2.45) is 0 Å². The Hall–Kier alpha value is -1.83. The van der Waals surface area contributed by atoms with Crippen molar-refractivity contribution in [3.63, 3.8) is 0 Å². The lowest BCUT2D eigenvalue weighted by Gasteiger charge is -2.13. The van der Waals surface area contributed by atoms with E-state index in [1.807, 2.05) is 19.1 Å². The zero-order valence-corrected chi connectivity index (χ0v) is 16.7. The quantitative estimate of drug-likeness (QED) is 0.544. The van der Waals surface area contributed by atoms with Crippen molar-refractivity contribution in [3.05, 3.63) is 50.5 Å². The summed E-state index contributed by atoms with van der Waals surface area (Å²) in [6.45, 7) is 2.42. The molecule has 2 N–H and O–H groups in total. The van der Waals surface area contributed by atoms with Gasteiger partial charge in [-0.05, 0) is 50.3 Å². The van der Waals surface area contributed by atoms with Gasteiger partial charge in [-0.15, -0.1) is 0 Å². The Bertz CT molecular complexity index is 914. The van der Waals surface area contributed by atoms with E-state index in [0.29, 0.717) is 28.7 Å². The molecule has 0 saturated heterocycles.